The first-order valence-electron chi connectivity index (χ1n) is 13.5. The number of ether oxygens (including phenoxy) is 4. The van der Waals surface area contributed by atoms with Crippen LogP contribution in [0.25, 0.3) is 0 Å². The average Bonchev–Trinajstić information content (AvgIpc) is 2.94. The number of hydrogen-bond donors (Lipinski definition) is 10. The fraction of sp³-hybridized carbons (Fsp3) is 0.917. The molecule has 1 amide bonds. The molecule has 10 N–H and O–H groups in total. The minimum absolute atomic E-state index is 0.0462. The summed E-state index contributed by atoms with van der Waals surface area (Å²) >= 11 is 0. The lowest BCUT2D eigenvalue weighted by Crippen LogP contribution is -2.59. The lowest BCUT2D eigenvalue weighted by molar-refractivity contribution is -0.303. The number of nitrogens with zero attached hydrogens (tertiary/aromatic N) is 1. The zero-order valence-electron chi connectivity index (χ0n) is 22.7. The molecule has 2 rings (SSSR count). The summed E-state index contributed by atoms with van der Waals surface area (Å²) < 4.78 is 21.6. The van der Waals surface area contributed by atoms with Crippen LogP contribution in [-0.2, 0) is 28.5 Å². The van der Waals surface area contributed by atoms with E-state index in [1.54, 1.807) is 4.90 Å². The fourth-order valence-electron chi connectivity index (χ4n) is 4.34. The van der Waals surface area contributed by atoms with E-state index in [9.17, 15) is 50.4 Å². The third-order valence-electron chi connectivity index (χ3n) is 6.83. The highest BCUT2D eigenvalue weighted by Gasteiger charge is 2.45. The van der Waals surface area contributed by atoms with Crippen LogP contribution in [0.15, 0.2) is 0 Å². The molecule has 2 fully saturated rings. The molecular formula is C24H44N2O15. The Bertz CT molecular complexity index is 733. The lowest BCUT2D eigenvalue weighted by atomic mass is 9.99. The van der Waals surface area contributed by atoms with E-state index in [0.717, 1.165) is 0 Å². The summed E-state index contributed by atoms with van der Waals surface area (Å²) in [4.78, 5) is 24.7. The molecule has 2 saturated heterocycles. The number of unbranched alkanes of at least 4 members (excludes halogenated alkanes) is 2. The Morgan fingerprint density at radius 3 is 1.63 bits per heavy atom. The topological polar surface area (TPSA) is 268 Å². The zero-order valence-corrected chi connectivity index (χ0v) is 22.7. The number of carboxylic acid groups (broad SMARTS) is 1. The van der Waals surface area contributed by atoms with Crippen LogP contribution in [0.1, 0.15) is 25.7 Å². The summed E-state index contributed by atoms with van der Waals surface area (Å²) in [5, 5.41) is 90.0. The van der Waals surface area contributed by atoms with Gasteiger partial charge in [0.05, 0.1) is 33.0 Å². The van der Waals surface area contributed by atoms with Crippen molar-refractivity contribution < 1.29 is 74.5 Å². The first-order valence-corrected chi connectivity index (χ1v) is 13.5. The summed E-state index contributed by atoms with van der Waals surface area (Å²) in [5.41, 5.74) is 0. The lowest BCUT2D eigenvalue weighted by Gasteiger charge is -2.40. The van der Waals surface area contributed by atoms with Gasteiger partial charge in [0.15, 0.2) is 12.6 Å². The van der Waals surface area contributed by atoms with E-state index in [1.165, 1.54) is 0 Å². The second-order valence-corrected chi connectivity index (χ2v) is 9.97. The van der Waals surface area contributed by atoms with Crippen LogP contribution in [0, 0.1) is 0 Å². The van der Waals surface area contributed by atoms with Crippen LogP contribution in [0.5, 0.6) is 0 Å². The number of carbonyl (C=O) groups excluding carboxylic acids is 1. The maximum atomic E-state index is 12.5. The van der Waals surface area contributed by atoms with Crippen LogP contribution < -0.4 is 5.32 Å². The van der Waals surface area contributed by atoms with Gasteiger partial charge in [-0.1, -0.05) is 6.42 Å². The van der Waals surface area contributed by atoms with Crippen LogP contribution in [0.2, 0.25) is 0 Å². The second-order valence-electron chi connectivity index (χ2n) is 9.97. The van der Waals surface area contributed by atoms with Crippen molar-refractivity contribution in [1.82, 2.24) is 10.2 Å². The summed E-state index contributed by atoms with van der Waals surface area (Å²) in [5.74, 6) is -1.24. The third kappa shape index (κ3) is 11.2. The number of aliphatic carboxylic acids is 1. The minimum atomic E-state index is -1.62. The Morgan fingerprint density at radius 2 is 1.20 bits per heavy atom. The van der Waals surface area contributed by atoms with E-state index in [0.29, 0.717) is 25.8 Å². The highest BCUT2D eigenvalue weighted by Crippen LogP contribution is 2.23. The normalized spacial score (nSPS) is 34.1. The summed E-state index contributed by atoms with van der Waals surface area (Å²) in [6.45, 7) is -1.12. The highest BCUT2D eigenvalue weighted by atomic mass is 16.7. The summed E-state index contributed by atoms with van der Waals surface area (Å²) in [6.07, 6.45) is -12.8. The average molecular weight is 601 g/mol. The molecule has 41 heavy (non-hydrogen) atoms. The zero-order chi connectivity index (χ0) is 30.5. The third-order valence-corrected chi connectivity index (χ3v) is 6.83. The van der Waals surface area contributed by atoms with Gasteiger partial charge in [0.1, 0.15) is 48.8 Å². The van der Waals surface area contributed by atoms with Gasteiger partial charge >= 0.3 is 5.97 Å². The van der Waals surface area contributed by atoms with E-state index < -0.39 is 80.6 Å². The number of carbonyl (C=O) groups is 2. The highest BCUT2D eigenvalue weighted by molar-refractivity contribution is 5.77. The number of aliphatic hydroxyl groups is 8. The Kier molecular flexibility index (Phi) is 15.8. The van der Waals surface area contributed by atoms with Gasteiger partial charge in [0.25, 0.3) is 0 Å². The molecule has 17 heteroatoms. The van der Waals surface area contributed by atoms with Gasteiger partial charge in [-0.05, 0) is 12.8 Å². The maximum absolute atomic E-state index is 12.5. The molecule has 240 valence electrons. The van der Waals surface area contributed by atoms with Crippen molar-refractivity contribution >= 4 is 11.9 Å². The molecule has 0 saturated carbocycles. The van der Waals surface area contributed by atoms with Crippen molar-refractivity contribution in [2.45, 2.75) is 87.1 Å². The molecule has 0 aromatic rings. The number of aliphatic hydroxyl groups excluding tert-OH is 8. The SMILES string of the molecule is O=C(O)CCCCCNC(=O)CN(CCO[C@@H]1O[C@@H](CO)[C@H](O)[C@@H](O)[C@@H]1O)CCO[C@@H]1O[C@@H](CO)[C@H](O)[C@@H](O)[C@@H]1O. The van der Waals surface area contributed by atoms with Crippen molar-refractivity contribution in [2.75, 3.05) is 52.6 Å². The van der Waals surface area contributed by atoms with Crippen LogP contribution >= 0.6 is 0 Å². The van der Waals surface area contributed by atoms with Crippen LogP contribution in [0.4, 0.5) is 0 Å². The number of rotatable bonds is 18. The summed E-state index contributed by atoms with van der Waals surface area (Å²) in [7, 11) is 0. The standard InChI is InChI=1S/C24H44N2O15/c27-11-13-17(32)19(34)21(36)23(40-13)38-8-6-26(10-15(29)25-5-3-1-2-4-16(30)31)7-9-39-24-22(37)20(35)18(33)14(12-28)41-24/h13-14,17-24,27-28,32-37H,1-12H2,(H,25,29)(H,30,31)/t13-,14-,17-,18-,19+,20+,21-,22-,23+,24+/m0/s1. The molecule has 0 spiro atoms. The molecule has 0 unspecified atom stereocenters. The Balaban J connectivity index is 1.89. The predicted octanol–water partition coefficient (Wildman–Crippen LogP) is -5.32. The van der Waals surface area contributed by atoms with Crippen molar-refractivity contribution in [1.29, 1.82) is 0 Å². The molecule has 0 aliphatic carbocycles. The first kappa shape index (κ1) is 35.6. The van der Waals surface area contributed by atoms with E-state index in [2.05, 4.69) is 5.32 Å². The second kappa shape index (κ2) is 18.2. The molecule has 0 bridgehead atoms. The molecule has 17 nitrogen and oxygen atoms in total. The predicted molar refractivity (Wildman–Crippen MR) is 135 cm³/mol. The minimum Gasteiger partial charge on any atom is -0.481 e. The molecule has 0 radical (unpaired) electrons. The van der Waals surface area contributed by atoms with Gasteiger partial charge in [0, 0.05) is 26.1 Å². The summed E-state index contributed by atoms with van der Waals surface area (Å²) in [6, 6.07) is 0. The Labute approximate surface area is 236 Å². The van der Waals surface area contributed by atoms with Gasteiger partial charge in [-0.3, -0.25) is 14.5 Å². The molecular weight excluding hydrogens is 556 g/mol. The van der Waals surface area contributed by atoms with Crippen LogP contribution in [0.3, 0.4) is 0 Å². The quantitative estimate of drug-likeness (QED) is 0.0658. The van der Waals surface area contributed by atoms with Crippen molar-refractivity contribution in [3.8, 4) is 0 Å². The molecule has 2 heterocycles. The van der Waals surface area contributed by atoms with Gasteiger partial charge in [-0.25, -0.2) is 0 Å². The Hall–Kier alpha value is -1.58. The van der Waals surface area contributed by atoms with Gasteiger partial charge in [0.2, 0.25) is 5.91 Å². The van der Waals surface area contributed by atoms with E-state index in [1.807, 2.05) is 0 Å². The maximum Gasteiger partial charge on any atom is 0.303 e. The van der Waals surface area contributed by atoms with Crippen molar-refractivity contribution in [2.24, 2.45) is 0 Å². The van der Waals surface area contributed by atoms with Crippen molar-refractivity contribution in [3.63, 3.8) is 0 Å². The smallest absolute Gasteiger partial charge is 0.303 e. The van der Waals surface area contributed by atoms with Gasteiger partial charge in [-0.2, -0.15) is 0 Å². The first-order chi connectivity index (χ1) is 19.5. The molecule has 0 aromatic carbocycles. The monoisotopic (exact) mass is 600 g/mol. The molecule has 0 aromatic heterocycles. The van der Waals surface area contributed by atoms with Crippen molar-refractivity contribution in [3.05, 3.63) is 0 Å². The van der Waals surface area contributed by atoms with Gasteiger partial charge < -0.3 is 70.2 Å². The number of amides is 1. The number of nitrogens with one attached hydrogen (secondary N) is 1. The molecule has 10 atom stereocenters. The van der Waals surface area contributed by atoms with Crippen LogP contribution in [-0.4, -0.2) is 177 Å². The fourth-order valence-corrected chi connectivity index (χ4v) is 4.34. The van der Waals surface area contributed by atoms with E-state index >= 15 is 0 Å². The van der Waals surface area contributed by atoms with Gasteiger partial charge in [-0.15, -0.1) is 0 Å². The number of carboxylic acids is 1. The Morgan fingerprint density at radius 1 is 0.707 bits per heavy atom. The van der Waals surface area contributed by atoms with E-state index in [4.69, 9.17) is 24.1 Å². The van der Waals surface area contributed by atoms with E-state index in [-0.39, 0.29) is 45.2 Å². The molecule has 2 aliphatic rings. The molecule has 2 aliphatic heterocycles. The largest absolute Gasteiger partial charge is 0.481 e. The number of hydrogen-bond acceptors (Lipinski definition) is 15.